The van der Waals surface area contributed by atoms with E-state index >= 15 is 0 Å². The van der Waals surface area contributed by atoms with Gasteiger partial charge < -0.3 is 15.2 Å². The number of carbonyl (C=O) groups is 1. The first-order valence-electron chi connectivity index (χ1n) is 9.43. The van der Waals surface area contributed by atoms with Crippen LogP contribution in [-0.2, 0) is 10.5 Å². The van der Waals surface area contributed by atoms with E-state index in [0.717, 1.165) is 25.0 Å². The highest BCUT2D eigenvalue weighted by atomic mass is 32.2. The molecule has 1 aromatic rings. The molecule has 5 heteroatoms. The van der Waals surface area contributed by atoms with Gasteiger partial charge in [-0.15, -0.1) is 0 Å². The van der Waals surface area contributed by atoms with Crippen LogP contribution >= 0.6 is 11.8 Å². The number of rotatable bonds is 4. The number of carbonyl (C=O) groups excluding carboxylic acids is 1. The van der Waals surface area contributed by atoms with Gasteiger partial charge in [0, 0.05) is 11.0 Å². The molecule has 2 rings (SSSR count). The van der Waals surface area contributed by atoms with E-state index in [1.165, 1.54) is 22.3 Å². The van der Waals surface area contributed by atoms with Crippen molar-refractivity contribution in [3.63, 3.8) is 0 Å². The van der Waals surface area contributed by atoms with Crippen LogP contribution in [0.5, 0.6) is 0 Å². The summed E-state index contributed by atoms with van der Waals surface area (Å²) in [6, 6.07) is 4.19. The second-order valence-electron chi connectivity index (χ2n) is 8.40. The monoisotopic (exact) mass is 379 g/mol. The molecule has 26 heavy (non-hydrogen) atoms. The van der Waals surface area contributed by atoms with E-state index in [2.05, 4.69) is 38.2 Å². The number of hydrogen-bond acceptors (Lipinski definition) is 4. The molecule has 0 saturated heterocycles. The van der Waals surface area contributed by atoms with Crippen LogP contribution in [0.3, 0.4) is 0 Å². The summed E-state index contributed by atoms with van der Waals surface area (Å²) in [5.41, 5.74) is 4.73. The van der Waals surface area contributed by atoms with Crippen LogP contribution in [0.15, 0.2) is 12.1 Å². The normalized spacial score (nSPS) is 23.6. The van der Waals surface area contributed by atoms with Gasteiger partial charge in [0.1, 0.15) is 5.60 Å². The van der Waals surface area contributed by atoms with E-state index in [9.17, 15) is 9.90 Å². The number of nitrogens with one attached hydrogen (secondary N) is 1. The molecular formula is C21H33NO3S. The Bertz CT molecular complexity index is 616. The Kier molecular flexibility index (Phi) is 7.03. The first kappa shape index (κ1) is 21.1. The predicted octanol–water partition coefficient (Wildman–Crippen LogP) is 4.65. The van der Waals surface area contributed by atoms with Crippen molar-refractivity contribution in [2.75, 3.05) is 0 Å². The summed E-state index contributed by atoms with van der Waals surface area (Å²) in [4.78, 5) is 12.0. The lowest BCUT2D eigenvalue weighted by molar-refractivity contribution is 0.0375. The summed E-state index contributed by atoms with van der Waals surface area (Å²) in [5, 5.41) is 13.7. The molecule has 1 aliphatic carbocycles. The third-order valence-corrected chi connectivity index (χ3v) is 6.18. The first-order valence-corrected chi connectivity index (χ1v) is 10.5. The average Bonchev–Trinajstić information content (AvgIpc) is 2.47. The van der Waals surface area contributed by atoms with Crippen LogP contribution < -0.4 is 5.32 Å². The van der Waals surface area contributed by atoms with E-state index < -0.39 is 17.8 Å². The highest BCUT2D eigenvalue weighted by Crippen LogP contribution is 2.33. The molecule has 0 bridgehead atoms. The molecule has 0 heterocycles. The maximum absolute atomic E-state index is 12.0. The molecule has 1 saturated carbocycles. The number of ether oxygens (including phenoxy) is 1. The lowest BCUT2D eigenvalue weighted by atomic mass is 9.92. The Morgan fingerprint density at radius 1 is 1.23 bits per heavy atom. The van der Waals surface area contributed by atoms with E-state index in [4.69, 9.17) is 4.74 Å². The summed E-state index contributed by atoms with van der Waals surface area (Å²) in [6.45, 7) is 12.0. The maximum Gasteiger partial charge on any atom is 0.407 e. The zero-order chi connectivity index (χ0) is 19.5. The zero-order valence-electron chi connectivity index (χ0n) is 16.9. The van der Waals surface area contributed by atoms with Crippen molar-refractivity contribution in [1.82, 2.24) is 5.32 Å². The summed E-state index contributed by atoms with van der Waals surface area (Å²) < 4.78 is 5.33. The van der Waals surface area contributed by atoms with Crippen molar-refractivity contribution in [2.45, 2.75) is 89.6 Å². The molecule has 0 unspecified atom stereocenters. The summed E-state index contributed by atoms with van der Waals surface area (Å²) >= 11 is 1.79. The third kappa shape index (κ3) is 5.92. The number of amides is 1. The number of aryl methyl sites for hydroxylation is 3. The van der Waals surface area contributed by atoms with Gasteiger partial charge in [0.2, 0.25) is 0 Å². The van der Waals surface area contributed by atoms with E-state index in [1.54, 1.807) is 11.8 Å². The van der Waals surface area contributed by atoms with Gasteiger partial charge in [-0.25, -0.2) is 4.79 Å². The third-order valence-electron chi connectivity index (χ3n) is 4.78. The Morgan fingerprint density at radius 3 is 2.42 bits per heavy atom. The van der Waals surface area contributed by atoms with Gasteiger partial charge in [-0.3, -0.25) is 0 Å². The molecule has 0 spiro atoms. The second kappa shape index (κ2) is 8.66. The quantitative estimate of drug-likeness (QED) is 0.799. The topological polar surface area (TPSA) is 58.6 Å². The molecule has 0 aliphatic heterocycles. The molecule has 0 aromatic heterocycles. The molecular weight excluding hydrogens is 346 g/mol. The second-order valence-corrected chi connectivity index (χ2v) is 9.63. The van der Waals surface area contributed by atoms with Gasteiger partial charge in [-0.1, -0.05) is 24.1 Å². The van der Waals surface area contributed by atoms with Crippen LogP contribution in [0.2, 0.25) is 0 Å². The first-order chi connectivity index (χ1) is 12.1. The fourth-order valence-corrected chi connectivity index (χ4v) is 5.12. The molecule has 1 aromatic carbocycles. The van der Waals surface area contributed by atoms with Crippen LogP contribution in [0, 0.1) is 20.8 Å². The van der Waals surface area contributed by atoms with E-state index in [-0.39, 0.29) is 11.3 Å². The van der Waals surface area contributed by atoms with E-state index in [0.29, 0.717) is 0 Å². The summed E-state index contributed by atoms with van der Waals surface area (Å²) in [5.74, 6) is 0.888. The predicted molar refractivity (Wildman–Crippen MR) is 109 cm³/mol. The highest BCUT2D eigenvalue weighted by Gasteiger charge is 2.34. The van der Waals surface area contributed by atoms with Gasteiger partial charge >= 0.3 is 6.09 Å². The Morgan fingerprint density at radius 2 is 1.85 bits per heavy atom. The van der Waals surface area contributed by atoms with Crippen molar-refractivity contribution in [2.24, 2.45) is 0 Å². The van der Waals surface area contributed by atoms with Crippen LogP contribution in [0.1, 0.15) is 62.3 Å². The van der Waals surface area contributed by atoms with Crippen LogP contribution in [0.4, 0.5) is 4.79 Å². The summed E-state index contributed by atoms with van der Waals surface area (Å²) in [7, 11) is 0. The van der Waals surface area contributed by atoms with Crippen LogP contribution in [-0.4, -0.2) is 34.2 Å². The van der Waals surface area contributed by atoms with Crippen molar-refractivity contribution >= 4 is 17.9 Å². The smallest absolute Gasteiger partial charge is 0.407 e. The number of alkyl carbamates (subject to hydrolysis) is 1. The fourth-order valence-electron chi connectivity index (χ4n) is 3.57. The lowest BCUT2D eigenvalue weighted by Gasteiger charge is -2.35. The van der Waals surface area contributed by atoms with Gasteiger partial charge in [0.25, 0.3) is 0 Å². The minimum Gasteiger partial charge on any atom is -0.444 e. The number of hydrogen-bond donors (Lipinski definition) is 2. The maximum atomic E-state index is 12.0. The standard InChI is InChI=1S/C21H33NO3S/c1-13-10-14(2)16(15(3)11-13)12-26-18-9-7-8-17(19(18)23)22-20(24)25-21(4,5)6/h10-11,17-19,23H,7-9,12H2,1-6H3,(H,22,24)/t17-,18-,19-/m1/s1. The molecule has 1 fully saturated rings. The molecule has 4 nitrogen and oxygen atoms in total. The molecule has 0 radical (unpaired) electrons. The van der Waals surface area contributed by atoms with Gasteiger partial charge in [-0.05, 0) is 71.1 Å². The number of thioether (sulfide) groups is 1. The van der Waals surface area contributed by atoms with Crippen molar-refractivity contribution < 1.29 is 14.6 Å². The van der Waals surface area contributed by atoms with Gasteiger partial charge in [0.15, 0.2) is 0 Å². The molecule has 3 atom stereocenters. The lowest BCUT2D eigenvalue weighted by Crippen LogP contribution is -2.51. The van der Waals surface area contributed by atoms with Crippen LogP contribution in [0.25, 0.3) is 0 Å². The number of aliphatic hydroxyl groups is 1. The molecule has 1 amide bonds. The molecule has 146 valence electrons. The van der Waals surface area contributed by atoms with Gasteiger partial charge in [0.05, 0.1) is 12.1 Å². The van der Waals surface area contributed by atoms with Crippen molar-refractivity contribution in [3.05, 3.63) is 34.4 Å². The zero-order valence-corrected chi connectivity index (χ0v) is 17.7. The molecule has 2 N–H and O–H groups in total. The number of benzene rings is 1. The SMILES string of the molecule is Cc1cc(C)c(CS[C@@H]2CCC[C@@H](NC(=O)OC(C)(C)C)[C@H]2O)c(C)c1. The Labute approximate surface area is 162 Å². The minimum absolute atomic E-state index is 0.129. The largest absolute Gasteiger partial charge is 0.444 e. The fraction of sp³-hybridized carbons (Fsp3) is 0.667. The molecule has 1 aliphatic rings. The summed E-state index contributed by atoms with van der Waals surface area (Å²) in [6.07, 6.45) is 1.77. The van der Waals surface area contributed by atoms with Gasteiger partial charge in [-0.2, -0.15) is 11.8 Å². The minimum atomic E-state index is -0.549. The van der Waals surface area contributed by atoms with Crippen molar-refractivity contribution in [1.29, 1.82) is 0 Å². The average molecular weight is 380 g/mol. The van der Waals surface area contributed by atoms with Crippen molar-refractivity contribution in [3.8, 4) is 0 Å². The van der Waals surface area contributed by atoms with E-state index in [1.807, 2.05) is 20.8 Å². The Balaban J connectivity index is 1.95. The Hall–Kier alpha value is -1.20. The highest BCUT2D eigenvalue weighted by molar-refractivity contribution is 7.99. The number of aliphatic hydroxyl groups excluding tert-OH is 1.